The molecule has 0 heterocycles. The number of rotatable bonds is 9. The van der Waals surface area contributed by atoms with Crippen LogP contribution in [0.2, 0.25) is 18.1 Å². The molecular formula is C22H32O5Si. The van der Waals surface area contributed by atoms with Gasteiger partial charge in [0, 0.05) is 12.5 Å². The maximum Gasteiger partial charge on any atom is 0.298 e. The standard InChI is InChI=1S/C22H32O5Si/c1-8-16-10-9-11-18-17(13-27-28(6,7)22(2,3)4)12-19(25-14-23)21(20(16)18)26-15-24-5/h9-12,14H,8,13,15H2,1-7H3. The van der Waals surface area contributed by atoms with Crippen molar-refractivity contribution >= 4 is 25.6 Å². The van der Waals surface area contributed by atoms with Crippen LogP contribution in [0.3, 0.4) is 0 Å². The normalized spacial score (nSPS) is 12.2. The molecule has 5 nitrogen and oxygen atoms in total. The van der Waals surface area contributed by atoms with Crippen molar-refractivity contribution in [2.75, 3.05) is 13.9 Å². The van der Waals surface area contributed by atoms with E-state index in [4.69, 9.17) is 18.6 Å². The Bertz CT molecular complexity index is 824. The highest BCUT2D eigenvalue weighted by atomic mass is 28.4. The number of fused-ring (bicyclic) bond motifs is 1. The van der Waals surface area contributed by atoms with E-state index in [0.29, 0.717) is 24.6 Å². The first-order valence-corrected chi connectivity index (χ1v) is 12.5. The van der Waals surface area contributed by atoms with Gasteiger partial charge in [0.05, 0.1) is 6.61 Å². The summed E-state index contributed by atoms with van der Waals surface area (Å²) in [6.07, 6.45) is 0.827. The lowest BCUT2D eigenvalue weighted by Gasteiger charge is -2.36. The number of benzene rings is 2. The summed E-state index contributed by atoms with van der Waals surface area (Å²) in [4.78, 5) is 11.1. The van der Waals surface area contributed by atoms with Crippen molar-refractivity contribution in [3.63, 3.8) is 0 Å². The van der Waals surface area contributed by atoms with Crippen molar-refractivity contribution in [3.05, 3.63) is 35.4 Å². The molecule has 2 aromatic carbocycles. The van der Waals surface area contributed by atoms with Gasteiger partial charge in [-0.2, -0.15) is 0 Å². The van der Waals surface area contributed by atoms with Gasteiger partial charge in [-0.1, -0.05) is 45.9 Å². The Balaban J connectivity index is 2.62. The van der Waals surface area contributed by atoms with Gasteiger partial charge in [0.2, 0.25) is 0 Å². The predicted octanol–water partition coefficient (Wildman–Crippen LogP) is 5.44. The SMILES string of the molecule is CCc1cccc2c(CO[Si](C)(C)C(C)(C)C)cc(OC=O)c(OCOC)c12. The second kappa shape index (κ2) is 9.07. The van der Waals surface area contributed by atoms with E-state index in [0.717, 1.165) is 28.3 Å². The first-order chi connectivity index (χ1) is 13.2. The Kier molecular flexibility index (Phi) is 7.26. The van der Waals surface area contributed by atoms with Crippen LogP contribution in [0.1, 0.15) is 38.8 Å². The van der Waals surface area contributed by atoms with E-state index in [1.807, 2.05) is 12.1 Å². The quantitative estimate of drug-likeness (QED) is 0.316. The molecule has 0 aliphatic heterocycles. The molecule has 0 fully saturated rings. The molecule has 2 aromatic rings. The number of hydrogen-bond donors (Lipinski definition) is 0. The van der Waals surface area contributed by atoms with Crippen LogP contribution in [-0.2, 0) is 27.0 Å². The summed E-state index contributed by atoms with van der Waals surface area (Å²) in [6.45, 7) is 14.2. The second-order valence-electron chi connectivity index (χ2n) is 8.37. The highest BCUT2D eigenvalue weighted by Crippen LogP contribution is 2.42. The first kappa shape index (κ1) is 22.4. The average molecular weight is 405 g/mol. The molecule has 0 unspecified atom stereocenters. The molecule has 2 rings (SSSR count). The van der Waals surface area contributed by atoms with E-state index in [1.54, 1.807) is 7.11 Å². The lowest BCUT2D eigenvalue weighted by molar-refractivity contribution is -0.120. The van der Waals surface area contributed by atoms with E-state index in [2.05, 4.69) is 52.9 Å². The minimum absolute atomic E-state index is 0.0716. The van der Waals surface area contributed by atoms with Crippen LogP contribution < -0.4 is 9.47 Å². The smallest absolute Gasteiger partial charge is 0.298 e. The van der Waals surface area contributed by atoms with Gasteiger partial charge in [-0.05, 0) is 47.1 Å². The fraction of sp³-hybridized carbons (Fsp3) is 0.500. The van der Waals surface area contributed by atoms with Crippen LogP contribution in [0, 0.1) is 0 Å². The molecule has 0 N–H and O–H groups in total. The first-order valence-electron chi connectivity index (χ1n) is 9.59. The molecule has 6 heteroatoms. The minimum Gasteiger partial charge on any atom is -0.463 e. The van der Waals surface area contributed by atoms with Crippen LogP contribution in [0.4, 0.5) is 0 Å². The Morgan fingerprint density at radius 1 is 1.14 bits per heavy atom. The van der Waals surface area contributed by atoms with Crippen LogP contribution in [0.5, 0.6) is 11.5 Å². The van der Waals surface area contributed by atoms with Gasteiger partial charge >= 0.3 is 0 Å². The molecular weight excluding hydrogens is 372 g/mol. The number of carbonyl (C=O) groups is 1. The molecule has 0 saturated carbocycles. The Labute approximate surface area is 169 Å². The molecule has 0 bridgehead atoms. The molecule has 0 saturated heterocycles. The van der Waals surface area contributed by atoms with Crippen molar-refractivity contribution in [1.82, 2.24) is 0 Å². The fourth-order valence-corrected chi connectivity index (χ4v) is 3.80. The van der Waals surface area contributed by atoms with Crippen molar-refractivity contribution in [3.8, 4) is 11.5 Å². The van der Waals surface area contributed by atoms with E-state index >= 15 is 0 Å². The van der Waals surface area contributed by atoms with Crippen molar-refractivity contribution in [1.29, 1.82) is 0 Å². The fourth-order valence-electron chi connectivity index (χ4n) is 2.85. The largest absolute Gasteiger partial charge is 0.463 e. The van der Waals surface area contributed by atoms with Crippen LogP contribution >= 0.6 is 0 Å². The molecule has 0 amide bonds. The summed E-state index contributed by atoms with van der Waals surface area (Å²) in [5.74, 6) is 0.909. The zero-order chi connectivity index (χ0) is 20.9. The van der Waals surface area contributed by atoms with Gasteiger partial charge in [0.25, 0.3) is 6.47 Å². The molecule has 0 radical (unpaired) electrons. The van der Waals surface area contributed by atoms with Crippen LogP contribution in [0.15, 0.2) is 24.3 Å². The lowest BCUT2D eigenvalue weighted by Crippen LogP contribution is -2.40. The molecule has 0 aromatic heterocycles. The summed E-state index contributed by atoms with van der Waals surface area (Å²) < 4.78 is 22.6. The van der Waals surface area contributed by atoms with Crippen molar-refractivity contribution in [2.24, 2.45) is 0 Å². The van der Waals surface area contributed by atoms with Gasteiger partial charge in [-0.15, -0.1) is 0 Å². The highest BCUT2D eigenvalue weighted by molar-refractivity contribution is 6.74. The minimum atomic E-state index is -1.93. The number of aryl methyl sites for hydroxylation is 1. The molecule has 0 aliphatic rings. The van der Waals surface area contributed by atoms with E-state index in [9.17, 15) is 4.79 Å². The number of carbonyl (C=O) groups excluding carboxylic acids is 1. The van der Waals surface area contributed by atoms with Gasteiger partial charge in [0.1, 0.15) is 0 Å². The van der Waals surface area contributed by atoms with Gasteiger partial charge in [-0.25, -0.2) is 0 Å². The van der Waals surface area contributed by atoms with Crippen LogP contribution in [-0.4, -0.2) is 28.7 Å². The van der Waals surface area contributed by atoms with Crippen molar-refractivity contribution in [2.45, 2.75) is 58.9 Å². The van der Waals surface area contributed by atoms with Crippen LogP contribution in [0.25, 0.3) is 10.8 Å². The number of ether oxygens (including phenoxy) is 3. The predicted molar refractivity (Wildman–Crippen MR) is 115 cm³/mol. The van der Waals surface area contributed by atoms with E-state index in [-0.39, 0.29) is 11.8 Å². The summed E-state index contributed by atoms with van der Waals surface area (Å²) >= 11 is 0. The highest BCUT2D eigenvalue weighted by Gasteiger charge is 2.37. The molecule has 0 aliphatic carbocycles. The van der Waals surface area contributed by atoms with E-state index < -0.39 is 8.32 Å². The lowest BCUT2D eigenvalue weighted by atomic mass is 9.97. The third kappa shape index (κ3) is 4.74. The molecule has 0 spiro atoms. The molecule has 154 valence electrons. The summed E-state index contributed by atoms with van der Waals surface area (Å²) in [5.41, 5.74) is 2.10. The summed E-state index contributed by atoms with van der Waals surface area (Å²) in [5, 5.41) is 2.10. The Hall–Kier alpha value is -1.89. The van der Waals surface area contributed by atoms with Crippen molar-refractivity contribution < 1.29 is 23.4 Å². The zero-order valence-electron chi connectivity index (χ0n) is 18.0. The Morgan fingerprint density at radius 2 is 1.86 bits per heavy atom. The maximum absolute atomic E-state index is 11.1. The zero-order valence-corrected chi connectivity index (χ0v) is 19.0. The second-order valence-corrected chi connectivity index (χ2v) is 13.2. The van der Waals surface area contributed by atoms with E-state index in [1.165, 1.54) is 0 Å². The third-order valence-corrected chi connectivity index (χ3v) is 10.0. The number of hydrogen-bond acceptors (Lipinski definition) is 5. The number of methoxy groups -OCH3 is 1. The topological polar surface area (TPSA) is 54.0 Å². The summed E-state index contributed by atoms with van der Waals surface area (Å²) in [7, 11) is -0.369. The Morgan fingerprint density at radius 3 is 2.43 bits per heavy atom. The van der Waals surface area contributed by atoms with Gasteiger partial charge < -0.3 is 18.6 Å². The van der Waals surface area contributed by atoms with Gasteiger partial charge in [0.15, 0.2) is 26.6 Å². The maximum atomic E-state index is 11.1. The molecule has 28 heavy (non-hydrogen) atoms. The average Bonchev–Trinajstić information content (AvgIpc) is 2.64. The third-order valence-electron chi connectivity index (χ3n) is 5.52. The van der Waals surface area contributed by atoms with Gasteiger partial charge in [-0.3, -0.25) is 4.79 Å². The summed E-state index contributed by atoms with van der Waals surface area (Å²) in [6, 6.07) is 8.00. The molecule has 0 atom stereocenters. The monoisotopic (exact) mass is 404 g/mol.